The molecule has 5 heteroatoms. The number of rotatable bonds is 3. The molecule has 0 bridgehead atoms. The van der Waals surface area contributed by atoms with Crippen LogP contribution in [0.1, 0.15) is 10.4 Å². The molecule has 1 rings (SSSR count). The average molecular weight is 231 g/mol. The Morgan fingerprint density at radius 1 is 1.53 bits per heavy atom. The Morgan fingerprint density at radius 2 is 2.24 bits per heavy atom. The van der Waals surface area contributed by atoms with Gasteiger partial charge in [0.1, 0.15) is 12.4 Å². The van der Waals surface area contributed by atoms with Gasteiger partial charge in [0.05, 0.1) is 18.2 Å². The number of nitrogen functional groups attached to an aromatic ring is 1. The van der Waals surface area contributed by atoms with Crippen LogP contribution in [-0.4, -0.2) is 23.9 Å². The molecule has 17 heavy (non-hydrogen) atoms. The fraction of sp³-hybridized carbons (Fsp3) is 0.167. The number of terminal acetylenes is 1. The predicted octanol–water partition coefficient (Wildman–Crippen LogP) is 1.01. The number of halogens is 1. The van der Waals surface area contributed by atoms with Crippen molar-refractivity contribution in [3.8, 4) is 18.4 Å². The Balaban J connectivity index is 3.06. The van der Waals surface area contributed by atoms with Crippen LogP contribution in [0, 0.1) is 29.5 Å². The van der Waals surface area contributed by atoms with Gasteiger partial charge in [0, 0.05) is 5.69 Å². The van der Waals surface area contributed by atoms with Crippen LogP contribution in [0.2, 0.25) is 0 Å². The normalized spacial score (nSPS) is 9.12. The van der Waals surface area contributed by atoms with E-state index in [9.17, 15) is 9.18 Å². The van der Waals surface area contributed by atoms with Crippen LogP contribution in [-0.2, 0) is 0 Å². The zero-order chi connectivity index (χ0) is 12.8. The molecular formula is C12H10FN3O. The Kier molecular flexibility index (Phi) is 4.08. The van der Waals surface area contributed by atoms with E-state index < -0.39 is 11.7 Å². The first-order valence-electron chi connectivity index (χ1n) is 4.75. The first-order chi connectivity index (χ1) is 8.10. The Morgan fingerprint density at radius 3 is 2.82 bits per heavy atom. The van der Waals surface area contributed by atoms with Crippen molar-refractivity contribution in [3.05, 3.63) is 29.6 Å². The molecule has 0 aromatic heterocycles. The van der Waals surface area contributed by atoms with E-state index in [0.717, 1.165) is 17.0 Å². The summed E-state index contributed by atoms with van der Waals surface area (Å²) in [6.07, 6.45) is 5.08. The van der Waals surface area contributed by atoms with E-state index in [1.54, 1.807) is 0 Å². The standard InChI is InChI=1S/C12H10FN3O/c1-2-6-16(7-5-14)12(17)10-8-9(13)3-4-11(10)15/h1,3-4,8H,6-7,15H2. The van der Waals surface area contributed by atoms with Crippen molar-refractivity contribution < 1.29 is 9.18 Å². The number of hydrogen-bond acceptors (Lipinski definition) is 3. The molecule has 4 nitrogen and oxygen atoms in total. The number of amides is 1. The fourth-order valence-electron chi connectivity index (χ4n) is 1.28. The van der Waals surface area contributed by atoms with Gasteiger partial charge in [-0.05, 0) is 18.2 Å². The molecule has 86 valence electrons. The number of benzene rings is 1. The van der Waals surface area contributed by atoms with Gasteiger partial charge >= 0.3 is 0 Å². The molecule has 1 aromatic carbocycles. The zero-order valence-corrected chi connectivity index (χ0v) is 8.98. The molecule has 0 aliphatic carbocycles. The van der Waals surface area contributed by atoms with Crippen LogP contribution in [0.3, 0.4) is 0 Å². The van der Waals surface area contributed by atoms with Gasteiger partial charge < -0.3 is 10.6 Å². The number of anilines is 1. The highest BCUT2D eigenvalue weighted by Gasteiger charge is 2.17. The maximum absolute atomic E-state index is 13.0. The molecule has 1 amide bonds. The highest BCUT2D eigenvalue weighted by Crippen LogP contribution is 2.15. The summed E-state index contributed by atoms with van der Waals surface area (Å²) >= 11 is 0. The number of carbonyl (C=O) groups is 1. The monoisotopic (exact) mass is 231 g/mol. The summed E-state index contributed by atoms with van der Waals surface area (Å²) in [5, 5.41) is 8.57. The molecule has 0 aliphatic heterocycles. The van der Waals surface area contributed by atoms with E-state index in [-0.39, 0.29) is 24.3 Å². The predicted molar refractivity (Wildman–Crippen MR) is 61.2 cm³/mol. The molecule has 0 aliphatic rings. The van der Waals surface area contributed by atoms with Gasteiger partial charge in [0.2, 0.25) is 0 Å². The molecule has 0 saturated heterocycles. The number of nitrogens with zero attached hydrogens (tertiary/aromatic N) is 2. The molecule has 0 saturated carbocycles. The molecule has 0 heterocycles. The summed E-state index contributed by atoms with van der Waals surface area (Å²) in [6.45, 7) is -0.193. The van der Waals surface area contributed by atoms with Crippen molar-refractivity contribution in [1.82, 2.24) is 4.90 Å². The van der Waals surface area contributed by atoms with Crippen molar-refractivity contribution in [2.45, 2.75) is 0 Å². The molecule has 1 aromatic rings. The maximum Gasteiger partial charge on any atom is 0.257 e. The second-order valence-electron chi connectivity index (χ2n) is 3.26. The van der Waals surface area contributed by atoms with Gasteiger partial charge in [-0.25, -0.2) is 4.39 Å². The van der Waals surface area contributed by atoms with Crippen molar-refractivity contribution in [1.29, 1.82) is 5.26 Å². The Bertz CT molecular complexity index is 497. The first kappa shape index (κ1) is 12.5. The lowest BCUT2D eigenvalue weighted by Gasteiger charge is -2.17. The summed E-state index contributed by atoms with van der Waals surface area (Å²) < 4.78 is 13.0. The lowest BCUT2D eigenvalue weighted by molar-refractivity contribution is 0.0796. The minimum absolute atomic E-state index is 0.00972. The topological polar surface area (TPSA) is 70.1 Å². The van der Waals surface area contributed by atoms with E-state index in [1.165, 1.54) is 6.07 Å². The summed E-state index contributed by atoms with van der Waals surface area (Å²) in [5.74, 6) is 1.13. The molecule has 0 atom stereocenters. The highest BCUT2D eigenvalue weighted by atomic mass is 19.1. The molecule has 0 spiro atoms. The van der Waals surface area contributed by atoms with Crippen molar-refractivity contribution >= 4 is 11.6 Å². The smallest absolute Gasteiger partial charge is 0.257 e. The van der Waals surface area contributed by atoms with Crippen LogP contribution < -0.4 is 5.73 Å². The number of hydrogen-bond donors (Lipinski definition) is 1. The van der Waals surface area contributed by atoms with E-state index in [2.05, 4.69) is 5.92 Å². The van der Waals surface area contributed by atoms with Gasteiger partial charge in [-0.1, -0.05) is 5.92 Å². The third-order valence-corrected chi connectivity index (χ3v) is 2.08. The van der Waals surface area contributed by atoms with Gasteiger partial charge in [0.15, 0.2) is 0 Å². The average Bonchev–Trinajstić information content (AvgIpc) is 2.31. The largest absolute Gasteiger partial charge is 0.398 e. The molecule has 0 fully saturated rings. The van der Waals surface area contributed by atoms with Crippen LogP contribution in [0.25, 0.3) is 0 Å². The third-order valence-electron chi connectivity index (χ3n) is 2.08. The second-order valence-corrected chi connectivity index (χ2v) is 3.26. The summed E-state index contributed by atoms with van der Waals surface area (Å²) in [7, 11) is 0. The summed E-state index contributed by atoms with van der Waals surface area (Å²) in [6, 6.07) is 5.29. The number of nitrogens with two attached hydrogens (primary N) is 1. The third kappa shape index (κ3) is 2.96. The minimum Gasteiger partial charge on any atom is -0.398 e. The SMILES string of the molecule is C#CCN(CC#N)C(=O)c1cc(F)ccc1N. The van der Waals surface area contributed by atoms with E-state index in [0.29, 0.717) is 0 Å². The number of carbonyl (C=O) groups excluding carboxylic acids is 1. The quantitative estimate of drug-likeness (QED) is 0.479. The lowest BCUT2D eigenvalue weighted by Crippen LogP contribution is -2.32. The Labute approximate surface area is 98.4 Å². The van der Waals surface area contributed by atoms with Crippen molar-refractivity contribution in [2.24, 2.45) is 0 Å². The molecular weight excluding hydrogens is 221 g/mol. The fourth-order valence-corrected chi connectivity index (χ4v) is 1.28. The van der Waals surface area contributed by atoms with Crippen molar-refractivity contribution in [3.63, 3.8) is 0 Å². The highest BCUT2D eigenvalue weighted by molar-refractivity contribution is 5.99. The van der Waals surface area contributed by atoms with Crippen molar-refractivity contribution in [2.75, 3.05) is 18.8 Å². The zero-order valence-electron chi connectivity index (χ0n) is 8.98. The second kappa shape index (κ2) is 5.53. The maximum atomic E-state index is 13.0. The van der Waals surface area contributed by atoms with E-state index >= 15 is 0 Å². The summed E-state index contributed by atoms with van der Waals surface area (Å²) in [4.78, 5) is 13.0. The van der Waals surface area contributed by atoms with Gasteiger partial charge in [-0.3, -0.25) is 4.79 Å². The van der Waals surface area contributed by atoms with Gasteiger partial charge in [-0.15, -0.1) is 6.42 Å². The van der Waals surface area contributed by atoms with E-state index in [1.807, 2.05) is 6.07 Å². The van der Waals surface area contributed by atoms with Crippen LogP contribution in [0.15, 0.2) is 18.2 Å². The molecule has 0 radical (unpaired) electrons. The van der Waals surface area contributed by atoms with E-state index in [4.69, 9.17) is 17.4 Å². The lowest BCUT2D eigenvalue weighted by atomic mass is 10.1. The summed E-state index contributed by atoms with van der Waals surface area (Å²) in [5.41, 5.74) is 5.73. The molecule has 0 unspecified atom stereocenters. The van der Waals surface area contributed by atoms with Crippen LogP contribution in [0.5, 0.6) is 0 Å². The molecule has 2 N–H and O–H groups in total. The number of nitriles is 1. The Hall–Kier alpha value is -2.53. The van der Waals surface area contributed by atoms with Crippen LogP contribution in [0.4, 0.5) is 10.1 Å². The van der Waals surface area contributed by atoms with Gasteiger partial charge in [0.25, 0.3) is 5.91 Å². The first-order valence-corrected chi connectivity index (χ1v) is 4.75. The minimum atomic E-state index is -0.569. The van der Waals surface area contributed by atoms with Crippen LogP contribution >= 0.6 is 0 Å². The van der Waals surface area contributed by atoms with Gasteiger partial charge in [-0.2, -0.15) is 5.26 Å².